The van der Waals surface area contributed by atoms with E-state index < -0.39 is 0 Å². The van der Waals surface area contributed by atoms with Crippen LogP contribution in [0.15, 0.2) is 27.1 Å². The van der Waals surface area contributed by atoms with E-state index in [1.54, 1.807) is 0 Å². The van der Waals surface area contributed by atoms with E-state index in [0.29, 0.717) is 10.7 Å². The largest absolute Gasteiger partial charge is 0.397 e. The Morgan fingerprint density at radius 1 is 1.11 bits per heavy atom. The van der Waals surface area contributed by atoms with Crippen LogP contribution in [0.1, 0.15) is 11.1 Å². The average Bonchev–Trinajstić information content (AvgIpc) is 2.72. The molecule has 1 nitrogen and oxygen atoms in total. The van der Waals surface area contributed by atoms with Crippen LogP contribution in [0.2, 0.25) is 10.0 Å². The predicted octanol–water partition coefficient (Wildman–Crippen LogP) is 5.67. The number of anilines is 1. The van der Waals surface area contributed by atoms with Crippen LogP contribution < -0.4 is 5.73 Å². The van der Waals surface area contributed by atoms with Crippen molar-refractivity contribution in [2.24, 2.45) is 0 Å². The number of nitrogens with two attached hydrogens (primary N) is 1. The van der Waals surface area contributed by atoms with Gasteiger partial charge in [-0.05, 0) is 67.1 Å². The molecule has 3 rings (SSSR count). The summed E-state index contributed by atoms with van der Waals surface area (Å²) < 4.78 is 1.63. The molecule has 18 heavy (non-hydrogen) atoms. The molecule has 2 aromatic rings. The van der Waals surface area contributed by atoms with E-state index in [4.69, 9.17) is 28.9 Å². The number of hydrogen-bond donors (Lipinski definition) is 1. The standard InChI is InChI=1S/C13H7Br2Cl2N/c14-10-8-4-5-3-6(16)1-2-7(5)9(8)13(18)11(15)12(10)17/h1-3H,4,18H2. The first kappa shape index (κ1) is 12.8. The molecule has 0 bridgehead atoms. The third kappa shape index (κ3) is 1.72. The summed E-state index contributed by atoms with van der Waals surface area (Å²) in [6.45, 7) is 0. The lowest BCUT2D eigenvalue weighted by molar-refractivity contribution is 1.25. The van der Waals surface area contributed by atoms with Gasteiger partial charge in [0.1, 0.15) is 0 Å². The van der Waals surface area contributed by atoms with Gasteiger partial charge in [0, 0.05) is 15.1 Å². The second-order valence-electron chi connectivity index (χ2n) is 4.19. The molecule has 0 spiro atoms. The Kier molecular flexibility index (Phi) is 3.14. The molecule has 2 N–H and O–H groups in total. The number of hydrogen-bond acceptors (Lipinski definition) is 1. The van der Waals surface area contributed by atoms with Gasteiger partial charge in [0.25, 0.3) is 0 Å². The first-order valence-corrected chi connectivity index (χ1v) is 7.58. The molecular formula is C13H7Br2Cl2N. The number of benzene rings is 2. The Balaban J connectivity index is 2.38. The molecule has 0 unspecified atom stereocenters. The Morgan fingerprint density at radius 3 is 2.56 bits per heavy atom. The molecule has 0 saturated carbocycles. The highest BCUT2D eigenvalue weighted by molar-refractivity contribution is 9.11. The van der Waals surface area contributed by atoms with E-state index in [9.17, 15) is 0 Å². The van der Waals surface area contributed by atoms with Gasteiger partial charge in [0.15, 0.2) is 0 Å². The van der Waals surface area contributed by atoms with Crippen LogP contribution in [-0.4, -0.2) is 0 Å². The van der Waals surface area contributed by atoms with Gasteiger partial charge in [-0.15, -0.1) is 0 Å². The molecule has 0 atom stereocenters. The predicted molar refractivity (Wildman–Crippen MR) is 84.5 cm³/mol. The molecule has 1 aliphatic rings. The van der Waals surface area contributed by atoms with Gasteiger partial charge in [-0.1, -0.05) is 29.3 Å². The summed E-state index contributed by atoms with van der Waals surface area (Å²) in [5, 5.41) is 1.35. The van der Waals surface area contributed by atoms with Crippen molar-refractivity contribution >= 4 is 60.7 Å². The molecule has 5 heteroatoms. The third-order valence-corrected chi connectivity index (χ3v) is 5.93. The minimum atomic E-state index is 0.616. The molecule has 2 aromatic carbocycles. The fraction of sp³-hybridized carbons (Fsp3) is 0.0769. The van der Waals surface area contributed by atoms with E-state index in [1.165, 1.54) is 5.56 Å². The van der Waals surface area contributed by atoms with Crippen molar-refractivity contribution in [1.29, 1.82) is 0 Å². The van der Waals surface area contributed by atoms with Crippen molar-refractivity contribution in [1.82, 2.24) is 0 Å². The lowest BCUT2D eigenvalue weighted by Gasteiger charge is -2.12. The fourth-order valence-corrected chi connectivity index (χ4v) is 3.96. The zero-order chi connectivity index (χ0) is 13.0. The highest BCUT2D eigenvalue weighted by Gasteiger charge is 2.27. The normalized spacial score (nSPS) is 12.4. The Hall–Kier alpha value is -0.220. The summed E-state index contributed by atoms with van der Waals surface area (Å²) in [5.41, 5.74) is 11.3. The van der Waals surface area contributed by atoms with Crippen molar-refractivity contribution in [3.63, 3.8) is 0 Å². The molecule has 92 valence electrons. The molecule has 0 radical (unpaired) electrons. The lowest BCUT2D eigenvalue weighted by atomic mass is 10.0. The van der Waals surface area contributed by atoms with E-state index in [0.717, 1.165) is 37.1 Å². The first-order valence-electron chi connectivity index (χ1n) is 5.24. The molecule has 1 aliphatic carbocycles. The van der Waals surface area contributed by atoms with Crippen LogP contribution in [-0.2, 0) is 6.42 Å². The molecule has 0 saturated heterocycles. The van der Waals surface area contributed by atoms with Crippen LogP contribution >= 0.6 is 55.1 Å². The van der Waals surface area contributed by atoms with Crippen molar-refractivity contribution in [3.05, 3.63) is 48.3 Å². The summed E-state index contributed by atoms with van der Waals surface area (Å²) in [4.78, 5) is 0. The van der Waals surface area contributed by atoms with Crippen molar-refractivity contribution < 1.29 is 0 Å². The van der Waals surface area contributed by atoms with Gasteiger partial charge in [-0.3, -0.25) is 0 Å². The monoisotopic (exact) mass is 405 g/mol. The molecule has 0 heterocycles. The fourth-order valence-electron chi connectivity index (χ4n) is 2.35. The maximum atomic E-state index is 6.24. The van der Waals surface area contributed by atoms with E-state index >= 15 is 0 Å². The smallest absolute Gasteiger partial charge is 0.0714 e. The second-order valence-corrected chi connectivity index (χ2v) is 6.59. The van der Waals surface area contributed by atoms with Gasteiger partial charge in [0.05, 0.1) is 15.2 Å². The quantitative estimate of drug-likeness (QED) is 0.377. The highest BCUT2D eigenvalue weighted by atomic mass is 79.9. The van der Waals surface area contributed by atoms with Crippen molar-refractivity contribution in [2.75, 3.05) is 5.73 Å². The van der Waals surface area contributed by atoms with Gasteiger partial charge < -0.3 is 5.73 Å². The summed E-state index contributed by atoms with van der Waals surface area (Å²) in [5.74, 6) is 0. The lowest BCUT2D eigenvalue weighted by Crippen LogP contribution is -1.95. The maximum Gasteiger partial charge on any atom is 0.0714 e. The average molecular weight is 408 g/mol. The summed E-state index contributed by atoms with van der Waals surface area (Å²) >= 11 is 19.3. The molecular weight excluding hydrogens is 401 g/mol. The van der Waals surface area contributed by atoms with E-state index in [-0.39, 0.29) is 0 Å². The van der Waals surface area contributed by atoms with Crippen molar-refractivity contribution in [2.45, 2.75) is 6.42 Å². The van der Waals surface area contributed by atoms with Gasteiger partial charge >= 0.3 is 0 Å². The Morgan fingerprint density at radius 2 is 1.83 bits per heavy atom. The Bertz CT molecular complexity index is 683. The van der Waals surface area contributed by atoms with Gasteiger partial charge in [-0.25, -0.2) is 0 Å². The molecule has 0 fully saturated rings. The number of nitrogen functional groups attached to an aromatic ring is 1. The topological polar surface area (TPSA) is 26.0 Å². The number of halogens is 4. The first-order chi connectivity index (χ1) is 8.50. The minimum Gasteiger partial charge on any atom is -0.397 e. The van der Waals surface area contributed by atoms with E-state index in [2.05, 4.69) is 31.9 Å². The van der Waals surface area contributed by atoms with Crippen LogP contribution in [0, 0.1) is 0 Å². The summed E-state index contributed by atoms with van der Waals surface area (Å²) in [7, 11) is 0. The Labute approximate surface area is 132 Å². The van der Waals surface area contributed by atoms with Crippen LogP contribution in [0.5, 0.6) is 0 Å². The maximum absolute atomic E-state index is 6.24. The zero-order valence-corrected chi connectivity index (χ0v) is 13.7. The molecule has 0 aromatic heterocycles. The van der Waals surface area contributed by atoms with Crippen molar-refractivity contribution in [3.8, 4) is 11.1 Å². The van der Waals surface area contributed by atoms with E-state index in [1.807, 2.05) is 18.2 Å². The third-order valence-electron chi connectivity index (χ3n) is 3.16. The van der Waals surface area contributed by atoms with Crippen LogP contribution in [0.25, 0.3) is 11.1 Å². The van der Waals surface area contributed by atoms with Gasteiger partial charge in [0.2, 0.25) is 0 Å². The minimum absolute atomic E-state index is 0.616. The summed E-state index contributed by atoms with van der Waals surface area (Å²) in [6.07, 6.45) is 0.795. The number of rotatable bonds is 0. The molecule has 0 amide bonds. The second kappa shape index (κ2) is 4.41. The number of fused-ring (bicyclic) bond motifs is 3. The van der Waals surface area contributed by atoms with Crippen LogP contribution in [0.3, 0.4) is 0 Å². The SMILES string of the molecule is Nc1c(Br)c(Cl)c(Br)c2c1-c1ccc(Cl)cc1C2. The highest BCUT2D eigenvalue weighted by Crippen LogP contribution is 2.50. The van der Waals surface area contributed by atoms with Crippen LogP contribution in [0.4, 0.5) is 5.69 Å². The zero-order valence-electron chi connectivity index (χ0n) is 9.03. The molecule has 0 aliphatic heterocycles. The summed E-state index contributed by atoms with van der Waals surface area (Å²) in [6, 6.07) is 5.86. The van der Waals surface area contributed by atoms with Gasteiger partial charge in [-0.2, -0.15) is 0 Å².